The van der Waals surface area contributed by atoms with Gasteiger partial charge in [-0.3, -0.25) is 4.98 Å². The molecule has 0 aliphatic carbocycles. The molecular weight excluding hydrogens is 214 g/mol. The fraction of sp³-hybridized carbons (Fsp3) is 0.538. The molecule has 1 spiro atoms. The molecule has 17 heavy (non-hydrogen) atoms. The van der Waals surface area contributed by atoms with Crippen molar-refractivity contribution in [3.05, 3.63) is 30.1 Å². The van der Waals surface area contributed by atoms with E-state index in [2.05, 4.69) is 15.5 Å². The summed E-state index contributed by atoms with van der Waals surface area (Å²) in [5.74, 6) is 0. The van der Waals surface area contributed by atoms with E-state index >= 15 is 0 Å². The number of nitrogens with zero attached hydrogens (tertiary/aromatic N) is 2. The molecule has 3 unspecified atom stereocenters. The van der Waals surface area contributed by atoms with Gasteiger partial charge in [0, 0.05) is 25.1 Å². The summed E-state index contributed by atoms with van der Waals surface area (Å²) in [6.45, 7) is 0. The summed E-state index contributed by atoms with van der Waals surface area (Å²) < 4.78 is 0. The van der Waals surface area contributed by atoms with E-state index in [1.165, 1.54) is 12.8 Å². The van der Waals surface area contributed by atoms with Gasteiger partial charge in [0.1, 0.15) is 5.71 Å². The maximum atomic E-state index is 5.79. The van der Waals surface area contributed by atoms with E-state index in [9.17, 15) is 0 Å². The molecule has 3 aliphatic rings. The number of oxime groups is 1. The fourth-order valence-corrected chi connectivity index (χ4v) is 3.42. The maximum Gasteiger partial charge on any atom is 0.160 e. The van der Waals surface area contributed by atoms with Gasteiger partial charge in [0.25, 0.3) is 0 Å². The van der Waals surface area contributed by atoms with Gasteiger partial charge < -0.3 is 10.2 Å². The summed E-state index contributed by atoms with van der Waals surface area (Å²) in [4.78, 5) is 10.1. The SMILES string of the molecule is c1ccc(C2=NOC3(C2)CC2CCC3N2)nc1. The molecule has 1 aromatic rings. The standard InChI is InChI=1S/C13H15N3O/c1-2-6-14-10(3-1)11-8-13(17-16-11)7-9-4-5-12(13)15-9/h1-3,6,9,12,15H,4-5,7-8H2. The zero-order valence-corrected chi connectivity index (χ0v) is 9.60. The summed E-state index contributed by atoms with van der Waals surface area (Å²) in [5, 5.41) is 7.89. The van der Waals surface area contributed by atoms with Crippen molar-refractivity contribution < 1.29 is 4.84 Å². The van der Waals surface area contributed by atoms with Gasteiger partial charge in [-0.2, -0.15) is 0 Å². The van der Waals surface area contributed by atoms with E-state index in [1.807, 2.05) is 24.4 Å². The minimum atomic E-state index is -0.0736. The van der Waals surface area contributed by atoms with Crippen LogP contribution in [0.1, 0.15) is 31.4 Å². The smallest absolute Gasteiger partial charge is 0.160 e. The molecule has 0 radical (unpaired) electrons. The highest BCUT2D eigenvalue weighted by molar-refractivity contribution is 6.00. The average molecular weight is 229 g/mol. The van der Waals surface area contributed by atoms with E-state index in [0.717, 1.165) is 24.2 Å². The molecule has 1 N–H and O–H groups in total. The molecule has 3 atom stereocenters. The highest BCUT2D eigenvalue weighted by Crippen LogP contribution is 2.44. The van der Waals surface area contributed by atoms with Gasteiger partial charge in [0.05, 0.1) is 11.7 Å². The fourth-order valence-electron chi connectivity index (χ4n) is 3.42. The lowest BCUT2D eigenvalue weighted by molar-refractivity contribution is -0.0358. The average Bonchev–Trinajstić information content (AvgIpc) is 3.06. The Labute approximate surface area is 100 Å². The van der Waals surface area contributed by atoms with Crippen molar-refractivity contribution >= 4 is 5.71 Å². The van der Waals surface area contributed by atoms with Crippen LogP contribution >= 0.6 is 0 Å². The molecule has 0 amide bonds. The second-order valence-corrected chi connectivity index (χ2v) is 5.28. The van der Waals surface area contributed by atoms with Crippen molar-refractivity contribution in [3.8, 4) is 0 Å². The van der Waals surface area contributed by atoms with Crippen molar-refractivity contribution in [1.82, 2.24) is 10.3 Å². The first kappa shape index (κ1) is 9.59. The molecule has 1 aromatic heterocycles. The van der Waals surface area contributed by atoms with Gasteiger partial charge >= 0.3 is 0 Å². The molecule has 3 aliphatic heterocycles. The third-order valence-electron chi connectivity index (χ3n) is 4.23. The summed E-state index contributed by atoms with van der Waals surface area (Å²) in [5.41, 5.74) is 1.88. The van der Waals surface area contributed by atoms with Gasteiger partial charge in [-0.15, -0.1) is 0 Å². The van der Waals surface area contributed by atoms with Crippen LogP contribution in [0.2, 0.25) is 0 Å². The normalized spacial score (nSPS) is 38.5. The summed E-state index contributed by atoms with van der Waals surface area (Å²) in [6, 6.07) is 7.04. The van der Waals surface area contributed by atoms with E-state index < -0.39 is 0 Å². The van der Waals surface area contributed by atoms with Crippen LogP contribution < -0.4 is 5.32 Å². The highest BCUT2D eigenvalue weighted by Gasteiger charge is 2.56. The lowest BCUT2D eigenvalue weighted by atomic mass is 9.81. The molecule has 0 saturated carbocycles. The van der Waals surface area contributed by atoms with E-state index in [-0.39, 0.29) is 5.60 Å². The van der Waals surface area contributed by atoms with Gasteiger partial charge in [-0.1, -0.05) is 11.2 Å². The van der Waals surface area contributed by atoms with Crippen molar-refractivity contribution in [2.24, 2.45) is 5.16 Å². The van der Waals surface area contributed by atoms with Crippen LogP contribution in [-0.4, -0.2) is 28.4 Å². The molecule has 4 heterocycles. The van der Waals surface area contributed by atoms with Crippen molar-refractivity contribution in [2.45, 2.75) is 43.4 Å². The second kappa shape index (κ2) is 3.29. The quantitative estimate of drug-likeness (QED) is 0.793. The number of nitrogens with one attached hydrogen (secondary N) is 1. The monoisotopic (exact) mass is 229 g/mol. The number of hydrogen-bond acceptors (Lipinski definition) is 4. The number of aromatic nitrogens is 1. The Kier molecular flexibility index (Phi) is 1.86. The van der Waals surface area contributed by atoms with Crippen LogP contribution in [0, 0.1) is 0 Å². The Hall–Kier alpha value is -1.42. The molecule has 4 rings (SSSR count). The molecular formula is C13H15N3O. The Morgan fingerprint density at radius 1 is 1.35 bits per heavy atom. The summed E-state index contributed by atoms with van der Waals surface area (Å²) in [6.07, 6.45) is 6.31. The first-order chi connectivity index (χ1) is 8.36. The van der Waals surface area contributed by atoms with Gasteiger partial charge in [0.15, 0.2) is 5.60 Å². The Morgan fingerprint density at radius 2 is 2.35 bits per heavy atom. The van der Waals surface area contributed by atoms with Gasteiger partial charge in [-0.25, -0.2) is 0 Å². The molecule has 2 bridgehead atoms. The lowest BCUT2D eigenvalue weighted by Crippen LogP contribution is -2.42. The number of hydrogen-bond donors (Lipinski definition) is 1. The molecule has 4 heteroatoms. The van der Waals surface area contributed by atoms with E-state index in [4.69, 9.17) is 4.84 Å². The van der Waals surface area contributed by atoms with Crippen LogP contribution in [0.15, 0.2) is 29.6 Å². The number of fused-ring (bicyclic) bond motifs is 3. The zero-order valence-electron chi connectivity index (χ0n) is 9.60. The Balaban J connectivity index is 1.60. The largest absolute Gasteiger partial charge is 0.387 e. The van der Waals surface area contributed by atoms with Gasteiger partial charge in [0.2, 0.25) is 0 Å². The highest BCUT2D eigenvalue weighted by atomic mass is 16.7. The summed E-state index contributed by atoms with van der Waals surface area (Å²) in [7, 11) is 0. The second-order valence-electron chi connectivity index (χ2n) is 5.28. The molecule has 4 nitrogen and oxygen atoms in total. The summed E-state index contributed by atoms with van der Waals surface area (Å²) >= 11 is 0. The molecule has 0 aromatic carbocycles. The van der Waals surface area contributed by atoms with E-state index in [1.54, 1.807) is 0 Å². The Morgan fingerprint density at radius 3 is 3.06 bits per heavy atom. The number of rotatable bonds is 1. The zero-order chi connectivity index (χ0) is 11.3. The predicted molar refractivity (Wildman–Crippen MR) is 63.8 cm³/mol. The van der Waals surface area contributed by atoms with Crippen LogP contribution in [0.5, 0.6) is 0 Å². The maximum absolute atomic E-state index is 5.79. The van der Waals surface area contributed by atoms with Crippen molar-refractivity contribution in [2.75, 3.05) is 0 Å². The first-order valence-corrected chi connectivity index (χ1v) is 6.28. The minimum absolute atomic E-state index is 0.0736. The van der Waals surface area contributed by atoms with Crippen LogP contribution in [-0.2, 0) is 4.84 Å². The third kappa shape index (κ3) is 1.33. The van der Waals surface area contributed by atoms with Crippen LogP contribution in [0.25, 0.3) is 0 Å². The Bertz CT molecular complexity index is 473. The molecule has 2 fully saturated rings. The minimum Gasteiger partial charge on any atom is -0.387 e. The van der Waals surface area contributed by atoms with Crippen molar-refractivity contribution in [1.29, 1.82) is 0 Å². The molecule has 88 valence electrons. The molecule has 2 saturated heterocycles. The first-order valence-electron chi connectivity index (χ1n) is 6.28. The number of pyridine rings is 1. The lowest BCUT2D eigenvalue weighted by Gasteiger charge is -2.29. The van der Waals surface area contributed by atoms with Crippen LogP contribution in [0.3, 0.4) is 0 Å². The van der Waals surface area contributed by atoms with Gasteiger partial charge in [-0.05, 0) is 25.0 Å². The van der Waals surface area contributed by atoms with Crippen molar-refractivity contribution in [3.63, 3.8) is 0 Å². The van der Waals surface area contributed by atoms with E-state index in [0.29, 0.717) is 12.1 Å². The topological polar surface area (TPSA) is 46.5 Å². The van der Waals surface area contributed by atoms with Crippen LogP contribution in [0.4, 0.5) is 0 Å². The third-order valence-corrected chi connectivity index (χ3v) is 4.23. The predicted octanol–water partition coefficient (Wildman–Crippen LogP) is 1.47.